The van der Waals surface area contributed by atoms with Crippen LogP contribution in [0.5, 0.6) is 0 Å². The normalized spacial score (nSPS) is 12.0. The molecule has 0 bridgehead atoms. The van der Waals surface area contributed by atoms with Crippen LogP contribution in [0.1, 0.15) is 30.7 Å². The summed E-state index contributed by atoms with van der Waals surface area (Å²) in [5, 5.41) is 13.3. The maximum Gasteiger partial charge on any atom is 0.142 e. The molecule has 4 N–H and O–H groups in total. The van der Waals surface area contributed by atoms with Gasteiger partial charge in [0.25, 0.3) is 0 Å². The van der Waals surface area contributed by atoms with E-state index in [0.29, 0.717) is 6.54 Å². The number of rotatable bonds is 6. The number of aromatic amines is 1. The number of nitrogens with two attached hydrogens (primary N) is 1. The third-order valence-corrected chi connectivity index (χ3v) is 6.18. The molecule has 0 spiro atoms. The SMILES string of the molecule is Cc1cc(C)c2n[nH]c(-c3nc(C(C)(C)NCCN)c(-c4cccnc4)s3)c2c1. The summed E-state index contributed by atoms with van der Waals surface area (Å²) in [6.45, 7) is 9.77. The number of nitrogens with one attached hydrogen (secondary N) is 2. The topological polar surface area (TPSA) is 92.5 Å². The highest BCUT2D eigenvalue weighted by atomic mass is 32.1. The first-order valence-corrected chi connectivity index (χ1v) is 10.5. The van der Waals surface area contributed by atoms with Crippen LogP contribution in [0.25, 0.3) is 32.0 Å². The lowest BCUT2D eigenvalue weighted by atomic mass is 9.97. The van der Waals surface area contributed by atoms with Crippen LogP contribution < -0.4 is 11.1 Å². The molecule has 0 amide bonds. The molecule has 4 aromatic rings. The van der Waals surface area contributed by atoms with Crippen molar-refractivity contribution >= 4 is 22.2 Å². The number of aromatic nitrogens is 4. The van der Waals surface area contributed by atoms with Crippen LogP contribution >= 0.6 is 11.3 Å². The van der Waals surface area contributed by atoms with Crippen LogP contribution in [0.4, 0.5) is 0 Å². The zero-order chi connectivity index (χ0) is 20.6. The molecule has 0 saturated carbocycles. The summed E-state index contributed by atoms with van der Waals surface area (Å²) in [7, 11) is 0. The Labute approximate surface area is 174 Å². The fraction of sp³-hybridized carbons (Fsp3) is 0.318. The first-order valence-electron chi connectivity index (χ1n) is 9.73. The van der Waals surface area contributed by atoms with Gasteiger partial charge in [0, 0.05) is 36.4 Å². The maximum atomic E-state index is 5.73. The maximum absolute atomic E-state index is 5.73. The van der Waals surface area contributed by atoms with Crippen LogP contribution in [0.3, 0.4) is 0 Å². The minimum atomic E-state index is -0.332. The molecule has 7 heteroatoms. The van der Waals surface area contributed by atoms with E-state index >= 15 is 0 Å². The van der Waals surface area contributed by atoms with Crippen molar-refractivity contribution in [1.29, 1.82) is 0 Å². The predicted octanol–water partition coefficient (Wildman–Crippen LogP) is 4.15. The van der Waals surface area contributed by atoms with Gasteiger partial charge in [-0.2, -0.15) is 5.10 Å². The number of nitrogens with zero attached hydrogens (tertiary/aromatic N) is 3. The van der Waals surface area contributed by atoms with Gasteiger partial charge in [-0.15, -0.1) is 11.3 Å². The molecular formula is C22H26N6S. The Hall–Kier alpha value is -2.61. The highest BCUT2D eigenvalue weighted by Crippen LogP contribution is 2.41. The van der Waals surface area contributed by atoms with Gasteiger partial charge in [0.15, 0.2) is 0 Å². The Kier molecular flexibility index (Phi) is 5.21. The second kappa shape index (κ2) is 7.67. The van der Waals surface area contributed by atoms with Crippen molar-refractivity contribution in [2.75, 3.05) is 13.1 Å². The Bertz CT molecular complexity index is 1140. The number of hydrogen-bond donors (Lipinski definition) is 3. The van der Waals surface area contributed by atoms with Crippen molar-refractivity contribution in [2.24, 2.45) is 5.73 Å². The zero-order valence-corrected chi connectivity index (χ0v) is 18.0. The van der Waals surface area contributed by atoms with E-state index in [1.807, 2.05) is 12.3 Å². The van der Waals surface area contributed by atoms with Gasteiger partial charge in [-0.05, 0) is 45.4 Å². The smallest absolute Gasteiger partial charge is 0.142 e. The molecule has 150 valence electrons. The lowest BCUT2D eigenvalue weighted by molar-refractivity contribution is 0.401. The average molecular weight is 407 g/mol. The Morgan fingerprint density at radius 2 is 2.07 bits per heavy atom. The molecule has 3 heterocycles. The van der Waals surface area contributed by atoms with Gasteiger partial charge >= 0.3 is 0 Å². The van der Waals surface area contributed by atoms with Crippen molar-refractivity contribution in [2.45, 2.75) is 33.2 Å². The fourth-order valence-electron chi connectivity index (χ4n) is 3.65. The number of hydrogen-bond acceptors (Lipinski definition) is 6. The molecule has 0 aliphatic carbocycles. The minimum Gasteiger partial charge on any atom is -0.329 e. The van der Waals surface area contributed by atoms with Gasteiger partial charge in [0.2, 0.25) is 0 Å². The molecule has 29 heavy (non-hydrogen) atoms. The molecule has 0 unspecified atom stereocenters. The number of pyridine rings is 1. The molecule has 1 aromatic carbocycles. The quantitative estimate of drug-likeness (QED) is 0.447. The molecule has 0 atom stereocenters. The molecule has 0 fully saturated rings. The fourth-order valence-corrected chi connectivity index (χ4v) is 4.87. The highest BCUT2D eigenvalue weighted by molar-refractivity contribution is 7.18. The van der Waals surface area contributed by atoms with E-state index < -0.39 is 0 Å². The van der Waals surface area contributed by atoms with E-state index in [2.05, 4.69) is 66.4 Å². The summed E-state index contributed by atoms with van der Waals surface area (Å²) in [5.41, 5.74) is 11.8. The van der Waals surface area contributed by atoms with Gasteiger partial charge in [-0.3, -0.25) is 10.1 Å². The summed E-state index contributed by atoms with van der Waals surface area (Å²) >= 11 is 1.66. The van der Waals surface area contributed by atoms with E-state index in [-0.39, 0.29) is 5.54 Å². The number of thiazole rings is 1. The number of fused-ring (bicyclic) bond motifs is 1. The van der Waals surface area contributed by atoms with Crippen molar-refractivity contribution in [3.63, 3.8) is 0 Å². The number of benzene rings is 1. The van der Waals surface area contributed by atoms with Crippen molar-refractivity contribution in [3.8, 4) is 21.1 Å². The lowest BCUT2D eigenvalue weighted by Crippen LogP contribution is -2.40. The van der Waals surface area contributed by atoms with E-state index in [1.54, 1.807) is 17.5 Å². The highest BCUT2D eigenvalue weighted by Gasteiger charge is 2.29. The van der Waals surface area contributed by atoms with Crippen molar-refractivity contribution in [3.05, 3.63) is 53.5 Å². The Morgan fingerprint density at radius 1 is 1.24 bits per heavy atom. The van der Waals surface area contributed by atoms with Crippen molar-refractivity contribution < 1.29 is 0 Å². The van der Waals surface area contributed by atoms with Crippen molar-refractivity contribution in [1.82, 2.24) is 25.5 Å². The van der Waals surface area contributed by atoms with Crippen LogP contribution in [-0.2, 0) is 5.54 Å². The molecule has 0 aliphatic heterocycles. The summed E-state index contributed by atoms with van der Waals surface area (Å²) in [4.78, 5) is 10.5. The largest absolute Gasteiger partial charge is 0.329 e. The zero-order valence-electron chi connectivity index (χ0n) is 17.2. The lowest BCUT2D eigenvalue weighted by Gasteiger charge is -2.25. The Morgan fingerprint density at radius 3 is 2.79 bits per heavy atom. The third-order valence-electron chi connectivity index (χ3n) is 5.06. The summed E-state index contributed by atoms with van der Waals surface area (Å²) in [5.74, 6) is 0. The molecule has 4 rings (SSSR count). The first kappa shape index (κ1) is 19.7. The molecule has 6 nitrogen and oxygen atoms in total. The summed E-state index contributed by atoms with van der Waals surface area (Å²) in [6, 6.07) is 8.36. The molecule has 0 radical (unpaired) electrons. The average Bonchev–Trinajstić information content (AvgIpc) is 3.32. The second-order valence-electron chi connectivity index (χ2n) is 7.86. The monoisotopic (exact) mass is 406 g/mol. The molecule has 0 aliphatic rings. The second-order valence-corrected chi connectivity index (χ2v) is 8.85. The third kappa shape index (κ3) is 3.69. The first-order chi connectivity index (χ1) is 13.9. The van der Waals surface area contributed by atoms with E-state index in [1.165, 1.54) is 5.56 Å². The summed E-state index contributed by atoms with van der Waals surface area (Å²) in [6.07, 6.45) is 3.68. The molecular weight excluding hydrogens is 380 g/mol. The van der Waals surface area contributed by atoms with E-state index in [9.17, 15) is 0 Å². The van der Waals surface area contributed by atoms with E-state index in [4.69, 9.17) is 10.7 Å². The predicted molar refractivity (Wildman–Crippen MR) is 120 cm³/mol. The number of H-pyrrole nitrogens is 1. The van der Waals surface area contributed by atoms with Crippen LogP contribution in [0, 0.1) is 13.8 Å². The standard InChI is InChI=1S/C22H26N6S/c1-13-10-14(2)17-16(11-13)18(28-27-17)21-26-20(22(3,4)25-9-7-23)19(29-21)15-6-5-8-24-12-15/h5-6,8,10-12,25H,7,9,23H2,1-4H3,(H,27,28). The van der Waals surface area contributed by atoms with Crippen LogP contribution in [0.2, 0.25) is 0 Å². The molecule has 0 saturated heterocycles. The van der Waals surface area contributed by atoms with Gasteiger partial charge in [0.05, 0.1) is 21.6 Å². The van der Waals surface area contributed by atoms with Crippen LogP contribution in [0.15, 0.2) is 36.7 Å². The van der Waals surface area contributed by atoms with E-state index in [0.717, 1.165) is 49.8 Å². The van der Waals surface area contributed by atoms with Gasteiger partial charge in [-0.25, -0.2) is 4.98 Å². The van der Waals surface area contributed by atoms with Gasteiger partial charge in [-0.1, -0.05) is 17.7 Å². The summed E-state index contributed by atoms with van der Waals surface area (Å²) < 4.78 is 0. The Balaban J connectivity index is 1.90. The van der Waals surface area contributed by atoms with Gasteiger partial charge < -0.3 is 11.1 Å². The minimum absolute atomic E-state index is 0.332. The van der Waals surface area contributed by atoms with Gasteiger partial charge in [0.1, 0.15) is 10.7 Å². The molecule has 3 aromatic heterocycles. The van der Waals surface area contributed by atoms with Crippen LogP contribution in [-0.4, -0.2) is 33.3 Å². The number of aryl methyl sites for hydroxylation is 2.